The zero-order valence-electron chi connectivity index (χ0n) is 7.53. The summed E-state index contributed by atoms with van der Waals surface area (Å²) in [4.78, 5) is 14.8. The Bertz CT molecular complexity index is 83.9. The lowest BCUT2D eigenvalue weighted by Gasteiger charge is -2.20. The predicted octanol–water partition coefficient (Wildman–Crippen LogP) is 0.600. The highest BCUT2D eigenvalue weighted by molar-refractivity contribution is 4.04. The molecule has 0 fully saturated rings. The quantitative estimate of drug-likeness (QED) is 0.537. The molecule has 0 atom stereocenters. The van der Waals surface area contributed by atoms with Crippen molar-refractivity contribution in [2.45, 2.75) is 13.8 Å². The van der Waals surface area contributed by atoms with Crippen molar-refractivity contribution in [1.29, 1.82) is 0 Å². The molecule has 0 aromatic rings. The highest BCUT2D eigenvalue weighted by atomic mass is 17.2. The fraction of sp³-hybridized carbons (Fsp3) is 1.00. The van der Waals surface area contributed by atoms with Gasteiger partial charge in [-0.25, -0.2) is 9.68 Å². The van der Waals surface area contributed by atoms with E-state index in [0.717, 1.165) is 5.39 Å². The highest BCUT2D eigenvalue weighted by Gasteiger charge is 2.05. The summed E-state index contributed by atoms with van der Waals surface area (Å²) in [6, 6.07) is 0. The van der Waals surface area contributed by atoms with Crippen molar-refractivity contribution in [1.82, 2.24) is 10.5 Å². The smallest absolute Gasteiger partial charge is 0.0948 e. The van der Waals surface area contributed by atoms with Crippen LogP contribution in [0.1, 0.15) is 13.8 Å². The van der Waals surface area contributed by atoms with Gasteiger partial charge in [-0.15, -0.1) is 0 Å². The summed E-state index contributed by atoms with van der Waals surface area (Å²) in [7, 11) is 3.48. The summed E-state index contributed by atoms with van der Waals surface area (Å²) in [6.07, 6.45) is 0. The molecule has 0 bridgehead atoms. The molecule has 5 nitrogen and oxygen atoms in total. The second-order valence-electron chi connectivity index (χ2n) is 1.95. The van der Waals surface area contributed by atoms with Crippen LogP contribution < -0.4 is 0 Å². The minimum absolute atomic E-state index is 0.508. The molecule has 11 heavy (non-hydrogen) atoms. The lowest BCUT2D eigenvalue weighted by Crippen LogP contribution is -2.31. The summed E-state index contributed by atoms with van der Waals surface area (Å²) in [5.41, 5.74) is 0. The molecular formula is C6H16N2O3. The summed E-state index contributed by atoms with van der Waals surface area (Å²) < 4.78 is 0. The third kappa shape index (κ3) is 6.21. The van der Waals surface area contributed by atoms with E-state index in [1.165, 1.54) is 5.06 Å². The van der Waals surface area contributed by atoms with Crippen LogP contribution in [0.5, 0.6) is 0 Å². The van der Waals surface area contributed by atoms with Crippen LogP contribution in [-0.4, -0.2) is 37.8 Å². The Labute approximate surface area is 67.2 Å². The lowest BCUT2D eigenvalue weighted by atomic mass is 10.9. The monoisotopic (exact) mass is 164 g/mol. The average Bonchev–Trinajstić information content (AvgIpc) is 1.87. The number of hydrogen-bond acceptors (Lipinski definition) is 5. The molecule has 0 rings (SSSR count). The van der Waals surface area contributed by atoms with Gasteiger partial charge in [0.15, 0.2) is 0 Å². The minimum Gasteiger partial charge on any atom is -0.250 e. The molecule has 0 aliphatic heterocycles. The van der Waals surface area contributed by atoms with Gasteiger partial charge in [0.2, 0.25) is 0 Å². The number of nitrogens with zero attached hydrogens (tertiary/aromatic N) is 2. The molecule has 0 radical (unpaired) electrons. The van der Waals surface area contributed by atoms with Crippen molar-refractivity contribution < 1.29 is 14.6 Å². The first kappa shape index (κ1) is 10.8. The van der Waals surface area contributed by atoms with Crippen LogP contribution >= 0.6 is 0 Å². The zero-order valence-corrected chi connectivity index (χ0v) is 7.53. The molecule has 0 spiro atoms. The van der Waals surface area contributed by atoms with E-state index in [1.807, 2.05) is 13.8 Å². The normalized spacial score (nSPS) is 11.5. The third-order valence-corrected chi connectivity index (χ3v) is 0.699. The van der Waals surface area contributed by atoms with Gasteiger partial charge < -0.3 is 0 Å². The first-order valence-corrected chi connectivity index (χ1v) is 3.62. The molecule has 0 aromatic heterocycles. The molecule has 0 aliphatic carbocycles. The maximum atomic E-state index is 4.95. The van der Waals surface area contributed by atoms with Gasteiger partial charge in [0.05, 0.1) is 18.6 Å². The minimum atomic E-state index is 0.508. The fourth-order valence-electron chi connectivity index (χ4n) is 0.429. The standard InChI is InChI=1S/C6H16N2O3/c1-5-9-8(10-6-2)11-7(3)4/h5-6H2,1-4H3. The maximum absolute atomic E-state index is 4.95. The second-order valence-corrected chi connectivity index (χ2v) is 1.95. The first-order valence-electron chi connectivity index (χ1n) is 3.62. The van der Waals surface area contributed by atoms with Crippen LogP contribution in [0, 0.1) is 0 Å². The highest BCUT2D eigenvalue weighted by Crippen LogP contribution is 1.94. The van der Waals surface area contributed by atoms with Crippen molar-refractivity contribution in [2.24, 2.45) is 0 Å². The summed E-state index contributed by atoms with van der Waals surface area (Å²) >= 11 is 0. The lowest BCUT2D eigenvalue weighted by molar-refractivity contribution is -0.572. The van der Waals surface area contributed by atoms with Crippen molar-refractivity contribution in [3.8, 4) is 0 Å². The molecule has 0 aromatic carbocycles. The van der Waals surface area contributed by atoms with Crippen molar-refractivity contribution in [2.75, 3.05) is 27.3 Å². The van der Waals surface area contributed by atoms with Crippen molar-refractivity contribution in [3.63, 3.8) is 0 Å². The van der Waals surface area contributed by atoms with E-state index in [9.17, 15) is 0 Å². The van der Waals surface area contributed by atoms with Gasteiger partial charge in [0.25, 0.3) is 0 Å². The van der Waals surface area contributed by atoms with E-state index in [2.05, 4.69) is 0 Å². The molecule has 0 saturated heterocycles. The Hall–Kier alpha value is -0.200. The summed E-state index contributed by atoms with van der Waals surface area (Å²) in [5.74, 6) is 0. The second kappa shape index (κ2) is 6.51. The van der Waals surface area contributed by atoms with Gasteiger partial charge in [-0.05, 0) is 13.8 Å². The maximum Gasteiger partial charge on any atom is 0.0948 e. The predicted molar refractivity (Wildman–Crippen MR) is 39.9 cm³/mol. The van der Waals surface area contributed by atoms with Crippen molar-refractivity contribution in [3.05, 3.63) is 0 Å². The van der Waals surface area contributed by atoms with E-state index in [1.54, 1.807) is 14.1 Å². The van der Waals surface area contributed by atoms with Crippen LogP contribution in [0.15, 0.2) is 0 Å². The van der Waals surface area contributed by atoms with Gasteiger partial charge in [0, 0.05) is 14.1 Å². The zero-order chi connectivity index (χ0) is 8.69. The van der Waals surface area contributed by atoms with E-state index in [4.69, 9.17) is 14.6 Å². The molecule has 0 heterocycles. The third-order valence-electron chi connectivity index (χ3n) is 0.699. The van der Waals surface area contributed by atoms with E-state index >= 15 is 0 Å². The van der Waals surface area contributed by atoms with Gasteiger partial charge in [-0.1, -0.05) is 0 Å². The molecule has 0 aliphatic rings. The van der Waals surface area contributed by atoms with Crippen LogP contribution in [-0.2, 0) is 14.6 Å². The van der Waals surface area contributed by atoms with Crippen LogP contribution in [0.3, 0.4) is 0 Å². The number of hydroxylamine groups is 2. The van der Waals surface area contributed by atoms with E-state index < -0.39 is 0 Å². The average molecular weight is 164 g/mol. The fourth-order valence-corrected chi connectivity index (χ4v) is 0.429. The Morgan fingerprint density at radius 2 is 1.45 bits per heavy atom. The van der Waals surface area contributed by atoms with Crippen LogP contribution in [0.2, 0.25) is 0 Å². The topological polar surface area (TPSA) is 34.2 Å². The Balaban J connectivity index is 3.50. The Morgan fingerprint density at radius 3 is 1.73 bits per heavy atom. The molecule has 68 valence electrons. The number of rotatable bonds is 6. The van der Waals surface area contributed by atoms with Crippen LogP contribution in [0.25, 0.3) is 0 Å². The largest absolute Gasteiger partial charge is 0.250 e. The van der Waals surface area contributed by atoms with Gasteiger partial charge in [0.1, 0.15) is 0 Å². The SMILES string of the molecule is CCON(OCC)ON(C)C. The van der Waals surface area contributed by atoms with Crippen molar-refractivity contribution >= 4 is 0 Å². The summed E-state index contributed by atoms with van der Waals surface area (Å²) in [5, 5.41) is 2.46. The first-order chi connectivity index (χ1) is 5.20. The number of hydrogen-bond donors (Lipinski definition) is 0. The van der Waals surface area contributed by atoms with Gasteiger partial charge in [-0.2, -0.15) is 10.0 Å². The van der Waals surface area contributed by atoms with Gasteiger partial charge >= 0.3 is 0 Å². The molecule has 5 heteroatoms. The molecule has 0 saturated carbocycles. The molecule has 0 amide bonds. The van der Waals surface area contributed by atoms with Gasteiger partial charge in [-0.3, -0.25) is 0 Å². The van der Waals surface area contributed by atoms with Crippen LogP contribution in [0.4, 0.5) is 0 Å². The Morgan fingerprint density at radius 1 is 1.00 bits per heavy atom. The van der Waals surface area contributed by atoms with E-state index in [-0.39, 0.29) is 0 Å². The summed E-state index contributed by atoms with van der Waals surface area (Å²) in [6.45, 7) is 4.72. The molecular weight excluding hydrogens is 148 g/mol. The van der Waals surface area contributed by atoms with E-state index in [0.29, 0.717) is 13.2 Å². The molecule has 0 unspecified atom stereocenters. The Kier molecular flexibility index (Phi) is 6.39. The molecule has 0 N–H and O–H groups in total.